The zero-order chi connectivity index (χ0) is 13.4. The molecule has 106 valence electrons. The van der Waals surface area contributed by atoms with Crippen molar-refractivity contribution < 1.29 is 4.74 Å². The molecule has 1 N–H and O–H groups in total. The number of hydrogen-bond donors (Lipinski definition) is 1. The van der Waals surface area contributed by atoms with Crippen molar-refractivity contribution in [1.82, 2.24) is 10.2 Å². The molecule has 18 heavy (non-hydrogen) atoms. The van der Waals surface area contributed by atoms with Gasteiger partial charge >= 0.3 is 0 Å². The van der Waals surface area contributed by atoms with Crippen LogP contribution in [0.2, 0.25) is 0 Å². The summed E-state index contributed by atoms with van der Waals surface area (Å²) in [6.45, 7) is 14.0. The second kappa shape index (κ2) is 7.89. The van der Waals surface area contributed by atoms with Gasteiger partial charge in [-0.3, -0.25) is 4.99 Å². The molecule has 1 rings (SSSR count). The van der Waals surface area contributed by atoms with Crippen molar-refractivity contribution in [2.24, 2.45) is 4.99 Å². The van der Waals surface area contributed by atoms with E-state index in [1.54, 1.807) is 0 Å². The third-order valence-electron chi connectivity index (χ3n) is 2.76. The number of nitrogens with one attached hydrogen (secondary N) is 1. The number of rotatable bonds is 5. The molecule has 1 aliphatic heterocycles. The first-order chi connectivity index (χ1) is 8.59. The molecule has 1 saturated heterocycles. The Morgan fingerprint density at radius 1 is 1.44 bits per heavy atom. The van der Waals surface area contributed by atoms with Gasteiger partial charge in [0.2, 0.25) is 0 Å². The minimum Gasteiger partial charge on any atom is -0.380 e. The van der Waals surface area contributed by atoms with Gasteiger partial charge in [-0.2, -0.15) is 11.8 Å². The smallest absolute Gasteiger partial charge is 0.194 e. The highest BCUT2D eigenvalue weighted by Crippen LogP contribution is 2.29. The van der Waals surface area contributed by atoms with E-state index in [4.69, 9.17) is 4.74 Å². The van der Waals surface area contributed by atoms with Crippen molar-refractivity contribution >= 4 is 17.7 Å². The van der Waals surface area contributed by atoms with E-state index in [0.717, 1.165) is 38.7 Å². The van der Waals surface area contributed by atoms with Gasteiger partial charge in [0, 0.05) is 36.7 Å². The number of guanidine groups is 1. The van der Waals surface area contributed by atoms with Gasteiger partial charge in [-0.25, -0.2) is 0 Å². The van der Waals surface area contributed by atoms with E-state index < -0.39 is 0 Å². The average molecular weight is 273 g/mol. The molecular weight excluding hydrogens is 246 g/mol. The molecule has 0 aromatic rings. The van der Waals surface area contributed by atoms with Crippen LogP contribution in [0, 0.1) is 0 Å². The van der Waals surface area contributed by atoms with E-state index in [2.05, 4.69) is 36.0 Å². The molecule has 0 bridgehead atoms. The van der Waals surface area contributed by atoms with Crippen molar-refractivity contribution in [3.63, 3.8) is 0 Å². The quantitative estimate of drug-likeness (QED) is 0.471. The lowest BCUT2D eigenvalue weighted by atomic mass is 10.2. The zero-order valence-electron chi connectivity index (χ0n) is 12.2. The van der Waals surface area contributed by atoms with Crippen molar-refractivity contribution in [1.29, 1.82) is 0 Å². The van der Waals surface area contributed by atoms with Crippen LogP contribution in [0.5, 0.6) is 0 Å². The highest BCUT2D eigenvalue weighted by Gasteiger charge is 2.28. The van der Waals surface area contributed by atoms with E-state index >= 15 is 0 Å². The van der Waals surface area contributed by atoms with Gasteiger partial charge < -0.3 is 15.0 Å². The lowest BCUT2D eigenvalue weighted by Gasteiger charge is -2.39. The van der Waals surface area contributed by atoms with Crippen LogP contribution in [0.1, 0.15) is 27.7 Å². The molecule has 0 aliphatic carbocycles. The first-order valence-corrected chi connectivity index (χ1v) is 7.82. The lowest BCUT2D eigenvalue weighted by Crippen LogP contribution is -2.51. The summed E-state index contributed by atoms with van der Waals surface area (Å²) in [5, 5.41) is 3.38. The standard InChI is InChI=1S/C13H27N3OS/c1-5-14-12(15-7-9-17-6-2)16-8-10-18-13(3,4)11-16/h5-11H2,1-4H3,(H,14,15). The molecule has 4 nitrogen and oxygen atoms in total. The van der Waals surface area contributed by atoms with Crippen LogP contribution in [0.3, 0.4) is 0 Å². The van der Waals surface area contributed by atoms with Crippen molar-refractivity contribution in [3.05, 3.63) is 0 Å². The maximum atomic E-state index is 5.33. The fourth-order valence-corrected chi connectivity index (χ4v) is 3.09. The first kappa shape index (κ1) is 15.6. The summed E-state index contributed by atoms with van der Waals surface area (Å²) in [7, 11) is 0. The second-order valence-electron chi connectivity index (χ2n) is 4.96. The fraction of sp³-hybridized carbons (Fsp3) is 0.923. The minimum atomic E-state index is 0.314. The summed E-state index contributed by atoms with van der Waals surface area (Å²) >= 11 is 2.04. The van der Waals surface area contributed by atoms with E-state index in [0.29, 0.717) is 11.4 Å². The predicted octanol–water partition coefficient (Wildman–Crippen LogP) is 1.82. The minimum absolute atomic E-state index is 0.314. The second-order valence-corrected chi connectivity index (χ2v) is 6.76. The van der Waals surface area contributed by atoms with Crippen LogP contribution < -0.4 is 5.32 Å². The Hall–Kier alpha value is -0.420. The summed E-state index contributed by atoms with van der Waals surface area (Å²) in [6.07, 6.45) is 0. The van der Waals surface area contributed by atoms with Crippen LogP contribution in [0.4, 0.5) is 0 Å². The molecule has 0 radical (unpaired) electrons. The third kappa shape index (κ3) is 5.48. The van der Waals surface area contributed by atoms with Crippen LogP contribution in [0.15, 0.2) is 4.99 Å². The maximum Gasteiger partial charge on any atom is 0.194 e. The topological polar surface area (TPSA) is 36.9 Å². The predicted molar refractivity (Wildman–Crippen MR) is 80.6 cm³/mol. The van der Waals surface area contributed by atoms with Gasteiger partial charge in [0.1, 0.15) is 0 Å². The number of nitrogens with zero attached hydrogens (tertiary/aromatic N) is 2. The summed E-state index contributed by atoms with van der Waals surface area (Å²) in [5.41, 5.74) is 0. The van der Waals surface area contributed by atoms with Crippen LogP contribution in [0.25, 0.3) is 0 Å². The van der Waals surface area contributed by atoms with E-state index in [9.17, 15) is 0 Å². The van der Waals surface area contributed by atoms with Gasteiger partial charge in [-0.1, -0.05) is 0 Å². The molecule has 5 heteroatoms. The molecular formula is C13H27N3OS. The first-order valence-electron chi connectivity index (χ1n) is 6.84. The van der Waals surface area contributed by atoms with Gasteiger partial charge in [0.15, 0.2) is 5.96 Å². The van der Waals surface area contributed by atoms with Crippen LogP contribution in [-0.4, -0.2) is 60.8 Å². The highest BCUT2D eigenvalue weighted by molar-refractivity contribution is 8.00. The number of ether oxygens (including phenoxy) is 1. The third-order valence-corrected chi connectivity index (χ3v) is 4.06. The summed E-state index contributed by atoms with van der Waals surface area (Å²) in [6, 6.07) is 0. The number of hydrogen-bond acceptors (Lipinski definition) is 3. The molecule has 0 aromatic carbocycles. The molecule has 0 saturated carbocycles. The molecule has 0 atom stereocenters. The maximum absolute atomic E-state index is 5.33. The lowest BCUT2D eigenvalue weighted by molar-refractivity contribution is 0.155. The molecule has 0 amide bonds. The van der Waals surface area contributed by atoms with Gasteiger partial charge in [-0.15, -0.1) is 0 Å². The summed E-state index contributed by atoms with van der Waals surface area (Å²) in [5.74, 6) is 2.20. The average Bonchev–Trinajstić information content (AvgIpc) is 2.32. The number of aliphatic imine (C=N–C) groups is 1. The monoisotopic (exact) mass is 273 g/mol. The Kier molecular flexibility index (Phi) is 6.86. The summed E-state index contributed by atoms with van der Waals surface area (Å²) in [4.78, 5) is 7.00. The normalized spacial score (nSPS) is 20.0. The van der Waals surface area contributed by atoms with E-state index in [1.807, 2.05) is 18.7 Å². The fourth-order valence-electron chi connectivity index (χ4n) is 1.98. The SMILES string of the molecule is CCNC(=NCCOCC)N1CCSC(C)(C)C1. The Morgan fingerprint density at radius 2 is 2.22 bits per heavy atom. The Morgan fingerprint density at radius 3 is 2.83 bits per heavy atom. The largest absolute Gasteiger partial charge is 0.380 e. The number of thioether (sulfide) groups is 1. The molecule has 1 heterocycles. The van der Waals surface area contributed by atoms with Gasteiger partial charge in [-0.05, 0) is 27.7 Å². The highest BCUT2D eigenvalue weighted by atomic mass is 32.2. The Labute approximate surface area is 116 Å². The van der Waals surface area contributed by atoms with Crippen molar-refractivity contribution in [2.75, 3.05) is 45.1 Å². The molecule has 0 unspecified atom stereocenters. The Balaban J connectivity index is 2.54. The molecule has 0 aromatic heterocycles. The van der Waals surface area contributed by atoms with Crippen molar-refractivity contribution in [3.8, 4) is 0 Å². The van der Waals surface area contributed by atoms with Gasteiger partial charge in [0.25, 0.3) is 0 Å². The van der Waals surface area contributed by atoms with Gasteiger partial charge in [0.05, 0.1) is 13.2 Å². The Bertz CT molecular complexity index is 269. The van der Waals surface area contributed by atoms with Crippen LogP contribution >= 0.6 is 11.8 Å². The van der Waals surface area contributed by atoms with Crippen LogP contribution in [-0.2, 0) is 4.74 Å². The van der Waals surface area contributed by atoms with Crippen molar-refractivity contribution in [2.45, 2.75) is 32.4 Å². The van der Waals surface area contributed by atoms with E-state index in [1.165, 1.54) is 5.75 Å². The molecule has 0 spiro atoms. The molecule has 1 fully saturated rings. The van der Waals surface area contributed by atoms with E-state index in [-0.39, 0.29) is 0 Å². The summed E-state index contributed by atoms with van der Waals surface area (Å²) < 4.78 is 5.65. The zero-order valence-corrected chi connectivity index (χ0v) is 13.0. The molecule has 1 aliphatic rings.